The molecule has 0 saturated carbocycles. The predicted molar refractivity (Wildman–Crippen MR) is 138 cm³/mol. The molecule has 3 aromatic carbocycles. The molecule has 2 heterocycles. The van der Waals surface area contributed by atoms with E-state index in [1.54, 1.807) is 22.7 Å². The molecule has 8 heteroatoms. The van der Waals surface area contributed by atoms with Crippen molar-refractivity contribution in [3.8, 4) is 16.9 Å². The Labute approximate surface area is 212 Å². The zero-order valence-electron chi connectivity index (χ0n) is 20.1. The molecule has 0 radical (unpaired) electrons. The highest BCUT2D eigenvalue weighted by atomic mass is 19.1. The van der Waals surface area contributed by atoms with Gasteiger partial charge in [-0.2, -0.15) is 4.98 Å². The molecule has 186 valence electrons. The maximum atomic E-state index is 13.6. The van der Waals surface area contributed by atoms with E-state index in [2.05, 4.69) is 15.4 Å². The smallest absolute Gasteiger partial charge is 0.247 e. The van der Waals surface area contributed by atoms with Gasteiger partial charge >= 0.3 is 0 Å². The van der Waals surface area contributed by atoms with Gasteiger partial charge in [0, 0.05) is 30.7 Å². The minimum Gasteiger partial charge on any atom is -0.492 e. The number of ether oxygens (including phenoxy) is 1. The molecule has 0 atom stereocenters. The molecule has 1 N–H and O–H groups in total. The van der Waals surface area contributed by atoms with Crippen LogP contribution in [0.5, 0.6) is 5.75 Å². The second kappa shape index (κ2) is 10.6. The molecule has 6 nitrogen and oxygen atoms in total. The highest BCUT2D eigenvalue weighted by Crippen LogP contribution is 2.28. The van der Waals surface area contributed by atoms with E-state index in [-0.39, 0.29) is 23.8 Å². The number of Topliss-reactive ketones (excluding diaryl/α,β-unsaturated/α-hetero) is 1. The zero-order chi connectivity index (χ0) is 25.8. The summed E-state index contributed by atoms with van der Waals surface area (Å²) in [7, 11) is 0. The van der Waals surface area contributed by atoms with Crippen LogP contribution in [-0.4, -0.2) is 27.0 Å². The summed E-state index contributed by atoms with van der Waals surface area (Å²) in [4.78, 5) is 16.9. The second-order valence-corrected chi connectivity index (χ2v) is 8.57. The van der Waals surface area contributed by atoms with Crippen LogP contribution in [0.4, 0.5) is 20.4 Å². The fourth-order valence-corrected chi connectivity index (χ4v) is 4.04. The number of rotatable bonds is 9. The second-order valence-electron chi connectivity index (χ2n) is 8.57. The number of aromatic nitrogens is 3. The molecule has 5 aromatic rings. The van der Waals surface area contributed by atoms with E-state index in [9.17, 15) is 13.6 Å². The monoisotopic (exact) mass is 498 g/mol. The van der Waals surface area contributed by atoms with Crippen LogP contribution >= 0.6 is 0 Å². The third-order valence-corrected chi connectivity index (χ3v) is 5.82. The molecule has 0 aliphatic carbocycles. The largest absolute Gasteiger partial charge is 0.492 e. The quantitative estimate of drug-likeness (QED) is 0.263. The minimum atomic E-state index is -0.384. The van der Waals surface area contributed by atoms with Gasteiger partial charge in [-0.15, -0.1) is 5.10 Å². The third-order valence-electron chi connectivity index (χ3n) is 5.82. The highest BCUT2D eigenvalue weighted by molar-refractivity contribution is 5.83. The van der Waals surface area contributed by atoms with Crippen molar-refractivity contribution in [2.24, 2.45) is 0 Å². The maximum absolute atomic E-state index is 13.6. The molecule has 0 spiro atoms. The average Bonchev–Trinajstić information content (AvgIpc) is 3.29. The van der Waals surface area contributed by atoms with Crippen molar-refractivity contribution >= 4 is 23.1 Å². The van der Waals surface area contributed by atoms with Gasteiger partial charge in [-0.1, -0.05) is 36.4 Å². The first-order chi connectivity index (χ1) is 18.0. The molecule has 0 aliphatic heterocycles. The molecule has 0 bridgehead atoms. The van der Waals surface area contributed by atoms with Crippen LogP contribution in [-0.2, 0) is 17.6 Å². The summed E-state index contributed by atoms with van der Waals surface area (Å²) in [6.07, 6.45) is 2.45. The van der Waals surface area contributed by atoms with E-state index < -0.39 is 0 Å². The van der Waals surface area contributed by atoms with Gasteiger partial charge in [-0.3, -0.25) is 4.79 Å². The molecule has 0 unspecified atom stereocenters. The lowest BCUT2D eigenvalue weighted by Crippen LogP contribution is -2.06. The van der Waals surface area contributed by atoms with Crippen LogP contribution in [0.1, 0.15) is 18.1 Å². The summed E-state index contributed by atoms with van der Waals surface area (Å²) in [5, 5.41) is 7.59. The normalized spacial score (nSPS) is 11.0. The Balaban J connectivity index is 1.28. The number of anilines is 2. The first kappa shape index (κ1) is 24.1. The van der Waals surface area contributed by atoms with E-state index >= 15 is 0 Å². The number of pyridine rings is 1. The average molecular weight is 499 g/mol. The van der Waals surface area contributed by atoms with Crippen molar-refractivity contribution in [3.63, 3.8) is 0 Å². The van der Waals surface area contributed by atoms with Gasteiger partial charge < -0.3 is 10.1 Å². The molecular weight excluding hydrogens is 474 g/mol. The zero-order valence-corrected chi connectivity index (χ0v) is 20.1. The minimum absolute atomic E-state index is 0.0667. The van der Waals surface area contributed by atoms with Crippen LogP contribution in [0.2, 0.25) is 0 Å². The summed E-state index contributed by atoms with van der Waals surface area (Å²) in [5.41, 5.74) is 4.84. The summed E-state index contributed by atoms with van der Waals surface area (Å²) < 4.78 is 33.8. The maximum Gasteiger partial charge on any atom is 0.247 e. The van der Waals surface area contributed by atoms with Gasteiger partial charge in [0.25, 0.3) is 0 Å². The fraction of sp³-hybridized carbons (Fsp3) is 0.138. The number of nitrogens with one attached hydrogen (secondary N) is 1. The Kier molecular flexibility index (Phi) is 6.89. The SMILES string of the molecule is CCOc1cc(F)ccc1Nc1nc2ccc(-c3ccc(CC(=O)Cc4ccc(F)cc4)cc3)cn2n1. The molecular formula is C29H24F2N4O2. The van der Waals surface area contributed by atoms with Gasteiger partial charge in [-0.25, -0.2) is 13.3 Å². The Morgan fingerprint density at radius 2 is 1.51 bits per heavy atom. The van der Waals surface area contributed by atoms with Crippen molar-refractivity contribution in [3.05, 3.63) is 108 Å². The van der Waals surface area contributed by atoms with E-state index in [1.807, 2.05) is 49.5 Å². The van der Waals surface area contributed by atoms with Gasteiger partial charge in [-0.05, 0) is 60.0 Å². The Hall–Kier alpha value is -4.59. The number of nitrogens with zero attached hydrogens (tertiary/aromatic N) is 3. The van der Waals surface area contributed by atoms with Gasteiger partial charge in [0.15, 0.2) is 5.65 Å². The molecule has 0 aliphatic rings. The highest BCUT2D eigenvalue weighted by Gasteiger charge is 2.11. The van der Waals surface area contributed by atoms with Crippen LogP contribution < -0.4 is 10.1 Å². The van der Waals surface area contributed by atoms with Crippen molar-refractivity contribution in [1.82, 2.24) is 14.6 Å². The van der Waals surface area contributed by atoms with Crippen LogP contribution in [0.3, 0.4) is 0 Å². The number of benzene rings is 3. The Bertz CT molecular complexity index is 1550. The van der Waals surface area contributed by atoms with E-state index in [0.29, 0.717) is 36.1 Å². The van der Waals surface area contributed by atoms with Crippen molar-refractivity contribution in [1.29, 1.82) is 0 Å². The molecule has 0 amide bonds. The van der Waals surface area contributed by atoms with Crippen LogP contribution in [0.15, 0.2) is 85.1 Å². The molecule has 0 fully saturated rings. The number of halogens is 2. The number of fused-ring (bicyclic) bond motifs is 1. The summed E-state index contributed by atoms with van der Waals surface area (Å²) in [6.45, 7) is 2.24. The van der Waals surface area contributed by atoms with Gasteiger partial charge in [0.1, 0.15) is 23.2 Å². The Morgan fingerprint density at radius 3 is 2.22 bits per heavy atom. The summed E-state index contributed by atoms with van der Waals surface area (Å²) in [6, 6.07) is 21.8. The number of hydrogen-bond donors (Lipinski definition) is 1. The number of carbonyl (C=O) groups excluding carboxylic acids is 1. The first-order valence-electron chi connectivity index (χ1n) is 11.9. The molecule has 2 aromatic heterocycles. The number of carbonyl (C=O) groups is 1. The van der Waals surface area contributed by atoms with Crippen molar-refractivity contribution in [2.45, 2.75) is 19.8 Å². The lowest BCUT2D eigenvalue weighted by Gasteiger charge is -2.09. The number of hydrogen-bond acceptors (Lipinski definition) is 5. The Morgan fingerprint density at radius 1 is 0.865 bits per heavy atom. The van der Waals surface area contributed by atoms with Crippen LogP contribution in [0.25, 0.3) is 16.8 Å². The van der Waals surface area contributed by atoms with Crippen molar-refractivity contribution < 1.29 is 18.3 Å². The van der Waals surface area contributed by atoms with E-state index in [1.165, 1.54) is 24.3 Å². The topological polar surface area (TPSA) is 68.5 Å². The van der Waals surface area contributed by atoms with E-state index in [4.69, 9.17) is 4.74 Å². The number of ketones is 1. The van der Waals surface area contributed by atoms with Crippen LogP contribution in [0, 0.1) is 11.6 Å². The summed E-state index contributed by atoms with van der Waals surface area (Å²) in [5.74, 6) is 0.117. The van der Waals surface area contributed by atoms with Gasteiger partial charge in [0.2, 0.25) is 5.95 Å². The lowest BCUT2D eigenvalue weighted by molar-refractivity contribution is -0.117. The first-order valence-corrected chi connectivity index (χ1v) is 11.9. The van der Waals surface area contributed by atoms with Crippen molar-refractivity contribution in [2.75, 3.05) is 11.9 Å². The summed E-state index contributed by atoms with van der Waals surface area (Å²) >= 11 is 0. The molecule has 0 saturated heterocycles. The standard InChI is InChI=1S/C29H24F2N4O2/c1-2-37-27-17-24(31)12-13-26(27)32-29-33-28-14-9-22(18-35(28)34-29)21-7-3-19(4-8-21)15-25(36)16-20-5-10-23(30)11-6-20/h3-14,17-18H,2,15-16H2,1H3,(H,32,34). The molecule has 5 rings (SSSR count). The van der Waals surface area contributed by atoms with E-state index in [0.717, 1.165) is 22.3 Å². The predicted octanol–water partition coefficient (Wildman–Crippen LogP) is 6.17. The lowest BCUT2D eigenvalue weighted by atomic mass is 10.0. The fourth-order valence-electron chi connectivity index (χ4n) is 4.04. The van der Waals surface area contributed by atoms with Gasteiger partial charge in [0.05, 0.1) is 12.3 Å². The third kappa shape index (κ3) is 5.81. The molecule has 37 heavy (non-hydrogen) atoms.